The quantitative estimate of drug-likeness (QED) is 0.209. The van der Waals surface area contributed by atoms with E-state index in [9.17, 15) is 4.79 Å². The molecule has 3 aromatic carbocycles. The number of hydrogen-bond acceptors (Lipinski definition) is 2. The first-order chi connectivity index (χ1) is 16.3. The molecule has 1 aliphatic heterocycles. The van der Waals surface area contributed by atoms with Crippen molar-refractivity contribution in [1.82, 2.24) is 0 Å². The van der Waals surface area contributed by atoms with E-state index >= 15 is 0 Å². The van der Waals surface area contributed by atoms with Gasteiger partial charge in [0, 0.05) is 5.56 Å². The molecule has 0 aromatic heterocycles. The molecule has 0 spiro atoms. The third-order valence-electron chi connectivity index (χ3n) is 8.42. The molecule has 0 saturated carbocycles. The Kier molecular flexibility index (Phi) is 6.97. The molecule has 0 N–H and O–H groups in total. The highest BCUT2D eigenvalue weighted by atomic mass is 16.1. The van der Waals surface area contributed by atoms with Gasteiger partial charge >= 0.3 is 0 Å². The van der Waals surface area contributed by atoms with Crippen LogP contribution in [0.3, 0.4) is 0 Å². The lowest BCUT2D eigenvalue weighted by Gasteiger charge is -2.38. The van der Waals surface area contributed by atoms with E-state index in [-0.39, 0.29) is 5.78 Å². The molecule has 178 valence electrons. The fourth-order valence-electron chi connectivity index (χ4n) is 6.46. The minimum Gasteiger partial charge on any atom is -0.290 e. The van der Waals surface area contributed by atoms with Crippen molar-refractivity contribution < 1.29 is 9.37 Å². The van der Waals surface area contributed by atoms with Gasteiger partial charge in [-0.1, -0.05) is 80.9 Å². The van der Waals surface area contributed by atoms with Crippen molar-refractivity contribution in [2.45, 2.75) is 60.5 Å². The normalized spacial score (nSPS) is 14.4. The third kappa shape index (κ3) is 4.19. The number of hydrogen-bond donors (Lipinski definition) is 0. The summed E-state index contributed by atoms with van der Waals surface area (Å²) in [7, 11) is 0. The average molecular weight is 454 g/mol. The number of anilines is 1. The second-order valence-electron chi connectivity index (χ2n) is 10.3. The highest BCUT2D eigenvalue weighted by molar-refractivity contribution is 7.07. The number of aryl methyl sites for hydroxylation is 3. The van der Waals surface area contributed by atoms with Gasteiger partial charge in [0.25, 0.3) is 0 Å². The van der Waals surface area contributed by atoms with Gasteiger partial charge < -0.3 is 0 Å². The van der Waals surface area contributed by atoms with Crippen LogP contribution < -0.4 is 4.90 Å². The monoisotopic (exact) mass is 454 g/mol. The first kappa shape index (κ1) is 24.3. The van der Waals surface area contributed by atoms with Crippen molar-refractivity contribution in [3.63, 3.8) is 0 Å². The summed E-state index contributed by atoms with van der Waals surface area (Å²) in [6.07, 6.45) is 2.62. The molecule has 0 amide bonds. The SMILES string of the molecule is CC[B-](CC)(CC)C1=[N+](CC(=O)c2cccc3ccccc23)CCN1c1c(C)cc(C)cc1C. The Hall–Kier alpha value is -2.88. The summed E-state index contributed by atoms with van der Waals surface area (Å²) in [5.74, 6) is 0.210. The van der Waals surface area contributed by atoms with Crippen LogP contribution in [0.4, 0.5) is 5.69 Å². The Morgan fingerprint density at radius 1 is 0.912 bits per heavy atom. The van der Waals surface area contributed by atoms with Crippen LogP contribution in [-0.4, -0.2) is 41.9 Å². The second-order valence-corrected chi connectivity index (χ2v) is 10.3. The van der Waals surface area contributed by atoms with Crippen molar-refractivity contribution >= 4 is 34.1 Å². The predicted octanol–water partition coefficient (Wildman–Crippen LogP) is 6.93. The molecule has 1 aliphatic rings. The molecule has 0 atom stereocenters. The Morgan fingerprint density at radius 2 is 1.53 bits per heavy atom. The van der Waals surface area contributed by atoms with Gasteiger partial charge in [0.1, 0.15) is 31.5 Å². The van der Waals surface area contributed by atoms with Crippen LogP contribution in [0.1, 0.15) is 47.8 Å². The molecule has 34 heavy (non-hydrogen) atoms. The molecular formula is C30H39BN2O. The van der Waals surface area contributed by atoms with Crippen molar-refractivity contribution in [3.8, 4) is 0 Å². The Labute approximate surface area is 205 Å². The number of rotatable bonds is 8. The highest BCUT2D eigenvalue weighted by Crippen LogP contribution is 2.34. The molecule has 0 aliphatic carbocycles. The average Bonchev–Trinajstić information content (AvgIpc) is 3.23. The molecule has 0 fully saturated rings. The Morgan fingerprint density at radius 3 is 2.18 bits per heavy atom. The number of Topliss-reactive ketones (excluding diaryl/α,β-unsaturated/α-hetero) is 1. The van der Waals surface area contributed by atoms with E-state index < -0.39 is 6.15 Å². The number of carbonyl (C=O) groups excluding carboxylic acids is 1. The lowest BCUT2D eigenvalue weighted by molar-refractivity contribution is -0.502. The molecular weight excluding hydrogens is 415 g/mol. The summed E-state index contributed by atoms with van der Waals surface area (Å²) >= 11 is 0. The molecule has 0 unspecified atom stereocenters. The summed E-state index contributed by atoms with van der Waals surface area (Å²) in [5.41, 5.74) is 7.52. The van der Waals surface area contributed by atoms with E-state index in [4.69, 9.17) is 0 Å². The van der Waals surface area contributed by atoms with Crippen molar-refractivity contribution in [2.75, 3.05) is 24.5 Å². The highest BCUT2D eigenvalue weighted by Gasteiger charge is 2.42. The first-order valence-electron chi connectivity index (χ1n) is 13.0. The zero-order valence-electron chi connectivity index (χ0n) is 21.8. The van der Waals surface area contributed by atoms with Gasteiger partial charge in [-0.2, -0.15) is 19.0 Å². The van der Waals surface area contributed by atoms with Crippen LogP contribution in [0, 0.1) is 20.8 Å². The van der Waals surface area contributed by atoms with Crippen LogP contribution in [0.5, 0.6) is 0 Å². The number of amidine groups is 1. The fourth-order valence-corrected chi connectivity index (χ4v) is 6.46. The molecule has 3 aromatic rings. The zero-order chi connectivity index (χ0) is 24.5. The minimum absolute atomic E-state index is 0.210. The lowest BCUT2D eigenvalue weighted by Crippen LogP contribution is -2.53. The standard InChI is InChI=1S/C30H39BN2O/c1-7-31(8-2,9-3)30-32(17-18-33(30)29-23(5)19-22(4)20-24(29)6)21-28(34)27-16-12-14-25-13-10-11-15-26(25)27/h10-16,19-20H,7-9,17-18,21H2,1-6H3. The molecule has 4 rings (SSSR count). The van der Waals surface area contributed by atoms with Crippen LogP contribution in [0.2, 0.25) is 19.0 Å². The van der Waals surface area contributed by atoms with Gasteiger partial charge in [-0.25, -0.2) is 0 Å². The number of ketones is 1. The predicted molar refractivity (Wildman–Crippen MR) is 148 cm³/mol. The summed E-state index contributed by atoms with van der Waals surface area (Å²) in [6.45, 7) is 15.9. The van der Waals surface area contributed by atoms with Gasteiger partial charge in [0.2, 0.25) is 5.78 Å². The summed E-state index contributed by atoms with van der Waals surface area (Å²) in [5, 5.41) is 2.18. The van der Waals surface area contributed by atoms with Gasteiger partial charge in [-0.3, -0.25) is 14.3 Å². The molecule has 0 saturated heterocycles. The van der Waals surface area contributed by atoms with E-state index in [2.05, 4.69) is 81.3 Å². The van der Waals surface area contributed by atoms with Gasteiger partial charge in [-0.05, 0) is 42.7 Å². The van der Waals surface area contributed by atoms with Gasteiger partial charge in [0.15, 0.2) is 0 Å². The van der Waals surface area contributed by atoms with E-state index in [0.717, 1.165) is 48.4 Å². The smallest absolute Gasteiger partial charge is 0.204 e. The largest absolute Gasteiger partial charge is 0.290 e. The molecule has 0 bridgehead atoms. The van der Waals surface area contributed by atoms with E-state index in [1.54, 1.807) is 0 Å². The summed E-state index contributed by atoms with van der Waals surface area (Å²) in [4.78, 5) is 16.3. The summed E-state index contributed by atoms with van der Waals surface area (Å²) in [6, 6.07) is 18.9. The molecule has 4 heteroatoms. The van der Waals surface area contributed by atoms with E-state index in [1.807, 2.05) is 24.3 Å². The maximum absolute atomic E-state index is 13.7. The van der Waals surface area contributed by atoms with Crippen LogP contribution in [0.25, 0.3) is 10.8 Å². The Balaban J connectivity index is 1.83. The maximum atomic E-state index is 13.7. The lowest BCUT2D eigenvalue weighted by atomic mass is 9.19. The van der Waals surface area contributed by atoms with Crippen LogP contribution in [-0.2, 0) is 0 Å². The number of fused-ring (bicyclic) bond motifs is 1. The molecule has 1 heterocycles. The Bertz CT molecular complexity index is 1220. The topological polar surface area (TPSA) is 23.3 Å². The van der Waals surface area contributed by atoms with E-state index in [1.165, 1.54) is 28.1 Å². The van der Waals surface area contributed by atoms with Crippen LogP contribution >= 0.6 is 0 Å². The van der Waals surface area contributed by atoms with Gasteiger partial charge in [-0.15, -0.1) is 0 Å². The minimum atomic E-state index is -0.761. The number of benzene rings is 3. The second kappa shape index (κ2) is 9.78. The number of carbonyl (C=O) groups is 1. The zero-order valence-corrected chi connectivity index (χ0v) is 21.8. The summed E-state index contributed by atoms with van der Waals surface area (Å²) < 4.78 is 2.42. The van der Waals surface area contributed by atoms with E-state index in [0.29, 0.717) is 6.54 Å². The van der Waals surface area contributed by atoms with Crippen molar-refractivity contribution in [3.05, 3.63) is 76.9 Å². The van der Waals surface area contributed by atoms with Crippen molar-refractivity contribution in [1.29, 1.82) is 0 Å². The molecule has 0 radical (unpaired) electrons. The fraction of sp³-hybridized carbons (Fsp3) is 0.400. The van der Waals surface area contributed by atoms with Gasteiger partial charge in [0.05, 0.1) is 5.73 Å². The van der Waals surface area contributed by atoms with Crippen molar-refractivity contribution in [2.24, 2.45) is 0 Å². The first-order valence-corrected chi connectivity index (χ1v) is 13.0. The molecule has 3 nitrogen and oxygen atoms in total. The van der Waals surface area contributed by atoms with Crippen LogP contribution in [0.15, 0.2) is 54.6 Å². The number of nitrogens with zero attached hydrogens (tertiary/aromatic N) is 2. The third-order valence-corrected chi connectivity index (χ3v) is 8.42. The maximum Gasteiger partial charge on any atom is 0.204 e.